The summed E-state index contributed by atoms with van der Waals surface area (Å²) in [5.41, 5.74) is 0. The number of nitrogens with one attached hydrogen (secondary N) is 2. The standard InChI is InChI=1S/C11H15ClN4/c12-10-1-2-11(16-15-10)14-9-3-7-5-13-6-8(7)4-9/h1-2,7-9,13H,3-6H2,(H,14,16)/t7-,8+,9?. The number of fused-ring (bicyclic) bond motifs is 1. The molecule has 2 fully saturated rings. The van der Waals surface area contributed by atoms with E-state index in [1.807, 2.05) is 6.07 Å². The quantitative estimate of drug-likeness (QED) is 0.821. The molecule has 1 saturated heterocycles. The first-order chi connectivity index (χ1) is 7.81. The third kappa shape index (κ3) is 1.99. The van der Waals surface area contributed by atoms with Crippen LogP contribution < -0.4 is 10.6 Å². The lowest BCUT2D eigenvalue weighted by Crippen LogP contribution is -2.21. The molecule has 0 spiro atoms. The summed E-state index contributed by atoms with van der Waals surface area (Å²) in [7, 11) is 0. The van der Waals surface area contributed by atoms with Crippen LogP contribution in [0.15, 0.2) is 12.1 Å². The molecule has 16 heavy (non-hydrogen) atoms. The van der Waals surface area contributed by atoms with Crippen molar-refractivity contribution in [3.05, 3.63) is 17.3 Å². The fourth-order valence-corrected chi connectivity index (χ4v) is 2.99. The molecule has 3 rings (SSSR count). The fraction of sp³-hybridized carbons (Fsp3) is 0.636. The summed E-state index contributed by atoms with van der Waals surface area (Å²) in [6, 6.07) is 4.21. The molecule has 1 aromatic rings. The van der Waals surface area contributed by atoms with Gasteiger partial charge in [-0.15, -0.1) is 10.2 Å². The predicted molar refractivity (Wildman–Crippen MR) is 63.5 cm³/mol. The Morgan fingerprint density at radius 3 is 2.56 bits per heavy atom. The van der Waals surface area contributed by atoms with Gasteiger partial charge in [-0.3, -0.25) is 0 Å². The van der Waals surface area contributed by atoms with Crippen molar-refractivity contribution >= 4 is 17.4 Å². The van der Waals surface area contributed by atoms with E-state index in [-0.39, 0.29) is 0 Å². The normalized spacial score (nSPS) is 32.7. The van der Waals surface area contributed by atoms with Gasteiger partial charge >= 0.3 is 0 Å². The van der Waals surface area contributed by atoms with E-state index in [1.54, 1.807) is 6.07 Å². The van der Waals surface area contributed by atoms with Crippen molar-refractivity contribution in [3.8, 4) is 0 Å². The van der Waals surface area contributed by atoms with Gasteiger partial charge in [0.05, 0.1) is 0 Å². The Labute approximate surface area is 99.8 Å². The maximum Gasteiger partial charge on any atom is 0.151 e. The van der Waals surface area contributed by atoms with E-state index in [2.05, 4.69) is 20.8 Å². The largest absolute Gasteiger partial charge is 0.366 e. The first kappa shape index (κ1) is 10.3. The summed E-state index contributed by atoms with van der Waals surface area (Å²) in [5, 5.41) is 15.2. The summed E-state index contributed by atoms with van der Waals surface area (Å²) in [4.78, 5) is 0. The minimum atomic E-state index is 0.443. The number of halogens is 1. The van der Waals surface area contributed by atoms with Gasteiger partial charge in [0.1, 0.15) is 5.82 Å². The minimum absolute atomic E-state index is 0.443. The Bertz CT molecular complexity index is 355. The molecule has 2 aliphatic rings. The van der Waals surface area contributed by atoms with Gasteiger partial charge in [-0.2, -0.15) is 0 Å². The monoisotopic (exact) mass is 238 g/mol. The van der Waals surface area contributed by atoms with Gasteiger partial charge in [0.25, 0.3) is 0 Å². The number of hydrogen-bond acceptors (Lipinski definition) is 4. The van der Waals surface area contributed by atoms with Crippen LogP contribution in [0.5, 0.6) is 0 Å². The van der Waals surface area contributed by atoms with Crippen LogP contribution in [0.4, 0.5) is 5.82 Å². The van der Waals surface area contributed by atoms with Crippen molar-refractivity contribution in [3.63, 3.8) is 0 Å². The molecule has 3 atom stereocenters. The van der Waals surface area contributed by atoms with E-state index in [4.69, 9.17) is 11.6 Å². The second kappa shape index (κ2) is 4.18. The van der Waals surface area contributed by atoms with Gasteiger partial charge in [-0.1, -0.05) is 11.6 Å². The molecular formula is C11H15ClN4. The lowest BCUT2D eigenvalue weighted by atomic mass is 10.0. The van der Waals surface area contributed by atoms with Gasteiger partial charge in [0.2, 0.25) is 0 Å². The third-order valence-corrected chi connectivity index (χ3v) is 3.84. The molecule has 4 nitrogen and oxygen atoms in total. The van der Waals surface area contributed by atoms with Crippen molar-refractivity contribution in [2.75, 3.05) is 18.4 Å². The van der Waals surface area contributed by atoms with Gasteiger partial charge in [-0.05, 0) is 49.9 Å². The van der Waals surface area contributed by atoms with Crippen molar-refractivity contribution in [1.82, 2.24) is 15.5 Å². The maximum absolute atomic E-state index is 5.70. The first-order valence-electron chi connectivity index (χ1n) is 5.78. The Balaban J connectivity index is 1.62. The number of rotatable bonds is 2. The number of nitrogens with zero attached hydrogens (tertiary/aromatic N) is 2. The van der Waals surface area contributed by atoms with Crippen LogP contribution in [0, 0.1) is 11.8 Å². The number of hydrogen-bond donors (Lipinski definition) is 2. The molecule has 1 aliphatic carbocycles. The average Bonchev–Trinajstić information content (AvgIpc) is 2.81. The van der Waals surface area contributed by atoms with Crippen molar-refractivity contribution in [1.29, 1.82) is 0 Å². The molecule has 1 unspecified atom stereocenters. The Morgan fingerprint density at radius 1 is 1.19 bits per heavy atom. The van der Waals surface area contributed by atoms with Crippen molar-refractivity contribution in [2.45, 2.75) is 18.9 Å². The summed E-state index contributed by atoms with van der Waals surface area (Å²) in [6.07, 6.45) is 2.48. The van der Waals surface area contributed by atoms with E-state index in [9.17, 15) is 0 Å². The highest BCUT2D eigenvalue weighted by atomic mass is 35.5. The molecule has 1 saturated carbocycles. The second-order valence-electron chi connectivity index (χ2n) is 4.73. The predicted octanol–water partition coefficient (Wildman–Crippen LogP) is 1.54. The Hall–Kier alpha value is -0.870. The van der Waals surface area contributed by atoms with Crippen molar-refractivity contribution < 1.29 is 0 Å². The van der Waals surface area contributed by atoms with Crippen LogP contribution in [0.25, 0.3) is 0 Å². The topological polar surface area (TPSA) is 49.8 Å². The number of anilines is 1. The van der Waals surface area contributed by atoms with Crippen LogP contribution in [0.3, 0.4) is 0 Å². The molecule has 2 N–H and O–H groups in total. The fourth-order valence-electron chi connectivity index (χ4n) is 2.89. The molecular weight excluding hydrogens is 224 g/mol. The van der Waals surface area contributed by atoms with E-state index in [0.717, 1.165) is 17.7 Å². The Kier molecular flexibility index (Phi) is 2.69. The summed E-state index contributed by atoms with van der Waals surface area (Å²) in [5.74, 6) is 2.53. The van der Waals surface area contributed by atoms with Gasteiger partial charge < -0.3 is 10.6 Å². The van der Waals surface area contributed by atoms with Gasteiger partial charge in [0.15, 0.2) is 5.15 Å². The first-order valence-corrected chi connectivity index (χ1v) is 6.15. The number of aromatic nitrogens is 2. The van der Waals surface area contributed by atoms with Crippen LogP contribution >= 0.6 is 11.6 Å². The molecule has 0 radical (unpaired) electrons. The molecule has 1 aliphatic heterocycles. The van der Waals surface area contributed by atoms with E-state index >= 15 is 0 Å². The van der Waals surface area contributed by atoms with Crippen LogP contribution in [0.1, 0.15) is 12.8 Å². The molecule has 0 amide bonds. The second-order valence-corrected chi connectivity index (χ2v) is 5.12. The SMILES string of the molecule is Clc1ccc(NC2C[C@H]3CNC[C@H]3C2)nn1. The minimum Gasteiger partial charge on any atom is -0.366 e. The summed E-state index contributed by atoms with van der Waals surface area (Å²) < 4.78 is 0. The molecule has 86 valence electrons. The summed E-state index contributed by atoms with van der Waals surface area (Å²) in [6.45, 7) is 2.35. The zero-order valence-corrected chi connectivity index (χ0v) is 9.74. The maximum atomic E-state index is 5.70. The van der Waals surface area contributed by atoms with Gasteiger partial charge in [0, 0.05) is 6.04 Å². The lowest BCUT2D eigenvalue weighted by molar-refractivity contribution is 0.494. The zero-order valence-electron chi connectivity index (χ0n) is 8.99. The molecule has 5 heteroatoms. The average molecular weight is 239 g/mol. The van der Waals surface area contributed by atoms with Crippen LogP contribution in [-0.2, 0) is 0 Å². The van der Waals surface area contributed by atoms with Crippen LogP contribution in [-0.4, -0.2) is 29.3 Å². The molecule has 0 aromatic carbocycles. The Morgan fingerprint density at radius 2 is 1.94 bits per heavy atom. The highest BCUT2D eigenvalue weighted by Gasteiger charge is 2.37. The molecule has 0 bridgehead atoms. The highest BCUT2D eigenvalue weighted by molar-refractivity contribution is 6.29. The molecule has 1 aromatic heterocycles. The van der Waals surface area contributed by atoms with E-state index in [0.29, 0.717) is 11.2 Å². The van der Waals surface area contributed by atoms with E-state index < -0.39 is 0 Å². The van der Waals surface area contributed by atoms with Crippen molar-refractivity contribution in [2.24, 2.45) is 11.8 Å². The zero-order chi connectivity index (χ0) is 11.0. The summed E-state index contributed by atoms with van der Waals surface area (Å²) >= 11 is 5.70. The third-order valence-electron chi connectivity index (χ3n) is 3.64. The van der Waals surface area contributed by atoms with E-state index in [1.165, 1.54) is 25.9 Å². The smallest absolute Gasteiger partial charge is 0.151 e. The van der Waals surface area contributed by atoms with Crippen LogP contribution in [0.2, 0.25) is 5.15 Å². The highest BCUT2D eigenvalue weighted by Crippen LogP contribution is 2.35. The lowest BCUT2D eigenvalue weighted by Gasteiger charge is -2.13. The van der Waals surface area contributed by atoms with Gasteiger partial charge in [-0.25, -0.2) is 0 Å². The molecule has 2 heterocycles.